The minimum Gasteiger partial charge on any atom is -0.465 e. The fraction of sp³-hybridized carbons (Fsp3) is 0.0500. The highest BCUT2D eigenvalue weighted by molar-refractivity contribution is 9.11. The van der Waals surface area contributed by atoms with Gasteiger partial charge in [0, 0.05) is 30.5 Å². The molecule has 0 aliphatic carbocycles. The first-order chi connectivity index (χ1) is 12.5. The average Bonchev–Trinajstić information content (AvgIpc) is 2.65. The molecule has 0 radical (unpaired) electrons. The van der Waals surface area contributed by atoms with Crippen LogP contribution in [-0.4, -0.2) is 13.1 Å². The third-order valence-corrected chi connectivity index (χ3v) is 5.53. The van der Waals surface area contributed by atoms with Crippen molar-refractivity contribution in [1.29, 1.82) is 0 Å². The van der Waals surface area contributed by atoms with E-state index in [-0.39, 0.29) is 5.97 Å². The number of rotatable bonds is 4. The Hall–Kier alpha value is -1.63. The molecule has 0 aliphatic rings. The highest BCUT2D eigenvalue weighted by atomic mass is 79.9. The van der Waals surface area contributed by atoms with E-state index in [9.17, 15) is 4.79 Å². The Balaban J connectivity index is 2.16. The van der Waals surface area contributed by atoms with Crippen LogP contribution >= 0.6 is 47.8 Å². The molecule has 3 aromatic carbocycles. The highest BCUT2D eigenvalue weighted by Crippen LogP contribution is 2.37. The number of esters is 1. The van der Waals surface area contributed by atoms with E-state index in [2.05, 4.69) is 52.7 Å². The largest absolute Gasteiger partial charge is 0.465 e. The van der Waals surface area contributed by atoms with Gasteiger partial charge in [-0.3, -0.25) is 0 Å². The summed E-state index contributed by atoms with van der Waals surface area (Å²) in [5.74, 6) is -0.384. The van der Waals surface area contributed by atoms with E-state index in [1.165, 1.54) is 7.11 Å². The van der Waals surface area contributed by atoms with Crippen molar-refractivity contribution < 1.29 is 9.53 Å². The molecule has 6 heteroatoms. The molecule has 0 saturated heterocycles. The summed E-state index contributed by atoms with van der Waals surface area (Å²) in [6, 6.07) is 21.7. The van der Waals surface area contributed by atoms with E-state index in [4.69, 9.17) is 4.74 Å². The minimum atomic E-state index is -0.384. The zero-order valence-corrected chi connectivity index (χ0v) is 18.5. The second-order valence-corrected chi connectivity index (χ2v) is 8.13. The number of ether oxygens (including phenoxy) is 1. The topological polar surface area (TPSA) is 29.5 Å². The number of carbonyl (C=O) groups excluding carboxylic acids is 1. The van der Waals surface area contributed by atoms with Crippen LogP contribution in [0.15, 0.2) is 80.1 Å². The van der Waals surface area contributed by atoms with Crippen molar-refractivity contribution in [3.63, 3.8) is 0 Å². The fourth-order valence-electron chi connectivity index (χ4n) is 2.55. The number of nitrogens with zero attached hydrogens (tertiary/aromatic N) is 1. The first kappa shape index (κ1) is 19.1. The van der Waals surface area contributed by atoms with Gasteiger partial charge in [-0.15, -0.1) is 0 Å². The highest BCUT2D eigenvalue weighted by Gasteiger charge is 2.17. The average molecular weight is 540 g/mol. The minimum absolute atomic E-state index is 0.384. The SMILES string of the molecule is COC(=O)c1cc(N(c2ccc(Br)cc2)c2ccc(Br)cc2)ccc1Br. The third-order valence-electron chi connectivity index (χ3n) is 3.78. The number of methoxy groups -OCH3 is 1. The van der Waals surface area contributed by atoms with Crippen LogP contribution in [-0.2, 0) is 4.74 Å². The molecule has 0 N–H and O–H groups in total. The zero-order chi connectivity index (χ0) is 18.7. The second kappa shape index (κ2) is 8.37. The Morgan fingerprint density at radius 1 is 0.769 bits per heavy atom. The number of hydrogen-bond acceptors (Lipinski definition) is 3. The lowest BCUT2D eigenvalue weighted by molar-refractivity contribution is 0.0599. The van der Waals surface area contributed by atoms with Gasteiger partial charge in [0.05, 0.1) is 12.7 Å². The molecule has 0 unspecified atom stereocenters. The van der Waals surface area contributed by atoms with Crippen molar-refractivity contribution in [2.45, 2.75) is 0 Å². The molecule has 3 rings (SSSR count). The van der Waals surface area contributed by atoms with Gasteiger partial charge in [0.15, 0.2) is 0 Å². The van der Waals surface area contributed by atoms with E-state index in [0.29, 0.717) is 10.0 Å². The summed E-state index contributed by atoms with van der Waals surface area (Å²) >= 11 is 10.4. The Labute approximate surface area is 177 Å². The van der Waals surface area contributed by atoms with Crippen LogP contribution in [0.3, 0.4) is 0 Å². The maximum absolute atomic E-state index is 12.1. The van der Waals surface area contributed by atoms with Crippen molar-refractivity contribution in [2.75, 3.05) is 12.0 Å². The lowest BCUT2D eigenvalue weighted by Crippen LogP contribution is -2.11. The first-order valence-corrected chi connectivity index (χ1v) is 10.1. The molecule has 132 valence electrons. The van der Waals surface area contributed by atoms with Crippen LogP contribution in [0, 0.1) is 0 Å². The zero-order valence-electron chi connectivity index (χ0n) is 13.7. The van der Waals surface area contributed by atoms with Crippen LogP contribution in [0.1, 0.15) is 10.4 Å². The molecule has 0 amide bonds. The molecule has 0 heterocycles. The maximum Gasteiger partial charge on any atom is 0.339 e. The number of halogens is 3. The summed E-state index contributed by atoms with van der Waals surface area (Å²) in [7, 11) is 1.38. The Morgan fingerprint density at radius 2 is 1.23 bits per heavy atom. The quantitative estimate of drug-likeness (QED) is 0.328. The van der Waals surface area contributed by atoms with Gasteiger partial charge in [0.1, 0.15) is 0 Å². The van der Waals surface area contributed by atoms with Crippen molar-refractivity contribution in [2.24, 2.45) is 0 Å². The second-order valence-electron chi connectivity index (χ2n) is 5.44. The van der Waals surface area contributed by atoms with Gasteiger partial charge < -0.3 is 9.64 Å². The molecule has 0 aliphatic heterocycles. The Morgan fingerprint density at radius 3 is 1.69 bits per heavy atom. The first-order valence-electron chi connectivity index (χ1n) is 7.69. The van der Waals surface area contributed by atoms with Crippen LogP contribution in [0.2, 0.25) is 0 Å². The number of anilines is 3. The summed E-state index contributed by atoms with van der Waals surface area (Å²) in [5.41, 5.74) is 3.30. The van der Waals surface area contributed by atoms with Crippen LogP contribution in [0.25, 0.3) is 0 Å². The van der Waals surface area contributed by atoms with Crippen LogP contribution in [0.5, 0.6) is 0 Å². The van der Waals surface area contributed by atoms with E-state index in [0.717, 1.165) is 26.0 Å². The number of benzene rings is 3. The van der Waals surface area contributed by atoms with Gasteiger partial charge >= 0.3 is 5.97 Å². The molecule has 26 heavy (non-hydrogen) atoms. The monoisotopic (exact) mass is 537 g/mol. The van der Waals surface area contributed by atoms with Gasteiger partial charge in [-0.25, -0.2) is 4.79 Å². The molecule has 3 nitrogen and oxygen atoms in total. The number of hydrogen-bond donors (Lipinski definition) is 0. The van der Waals surface area contributed by atoms with Crippen molar-refractivity contribution in [3.8, 4) is 0 Å². The van der Waals surface area contributed by atoms with Gasteiger partial charge in [0.2, 0.25) is 0 Å². The number of carbonyl (C=O) groups is 1. The van der Waals surface area contributed by atoms with Crippen molar-refractivity contribution in [3.05, 3.63) is 85.7 Å². The predicted octanol–water partition coefficient (Wildman–Crippen LogP) is 7.23. The van der Waals surface area contributed by atoms with Crippen LogP contribution in [0.4, 0.5) is 17.1 Å². The lowest BCUT2D eigenvalue weighted by atomic mass is 10.1. The fourth-order valence-corrected chi connectivity index (χ4v) is 3.48. The molecule has 0 spiro atoms. The molecule has 0 saturated carbocycles. The standard InChI is InChI=1S/C20H14Br3NO2/c1-26-20(25)18-12-17(10-11-19(18)23)24(15-6-2-13(21)3-7-15)16-8-4-14(22)5-9-16/h2-12H,1H3. The van der Waals surface area contributed by atoms with Crippen molar-refractivity contribution >= 4 is 70.8 Å². The summed E-state index contributed by atoms with van der Waals surface area (Å²) in [5, 5.41) is 0. The van der Waals surface area contributed by atoms with E-state index in [1.807, 2.05) is 66.7 Å². The normalized spacial score (nSPS) is 10.5. The summed E-state index contributed by atoms with van der Waals surface area (Å²) in [6.07, 6.45) is 0. The van der Waals surface area contributed by atoms with Gasteiger partial charge in [-0.2, -0.15) is 0 Å². The van der Waals surface area contributed by atoms with Gasteiger partial charge in [-0.1, -0.05) is 31.9 Å². The van der Waals surface area contributed by atoms with Gasteiger partial charge in [0.25, 0.3) is 0 Å². The Bertz CT molecular complexity index is 879. The molecule has 0 fully saturated rings. The smallest absolute Gasteiger partial charge is 0.339 e. The summed E-state index contributed by atoms with van der Waals surface area (Å²) in [4.78, 5) is 14.2. The molecular formula is C20H14Br3NO2. The predicted molar refractivity (Wildman–Crippen MR) is 116 cm³/mol. The van der Waals surface area contributed by atoms with Gasteiger partial charge in [-0.05, 0) is 82.7 Å². The molecule has 0 bridgehead atoms. The summed E-state index contributed by atoms with van der Waals surface area (Å²) < 4.78 is 7.59. The molecule has 0 atom stereocenters. The molecule has 0 aromatic heterocycles. The van der Waals surface area contributed by atoms with E-state index >= 15 is 0 Å². The third kappa shape index (κ3) is 4.19. The van der Waals surface area contributed by atoms with Crippen molar-refractivity contribution in [1.82, 2.24) is 0 Å². The van der Waals surface area contributed by atoms with E-state index in [1.54, 1.807) is 0 Å². The Kier molecular flexibility index (Phi) is 6.16. The van der Waals surface area contributed by atoms with E-state index < -0.39 is 0 Å². The molecule has 3 aromatic rings. The maximum atomic E-state index is 12.1. The summed E-state index contributed by atoms with van der Waals surface area (Å²) in [6.45, 7) is 0. The molecular weight excluding hydrogens is 526 g/mol. The van der Waals surface area contributed by atoms with Crippen LogP contribution < -0.4 is 4.90 Å². The lowest BCUT2D eigenvalue weighted by Gasteiger charge is -2.26.